The molecule has 0 atom stereocenters. The number of hydrogen-bond donors (Lipinski definition) is 7. The Morgan fingerprint density at radius 2 is 1.06 bits per heavy atom. The average molecular weight is 881 g/mol. The average Bonchev–Trinajstić information content (AvgIpc) is 3.93. The summed E-state index contributed by atoms with van der Waals surface area (Å²) in [5, 5.41) is 35.5. The van der Waals surface area contributed by atoms with Gasteiger partial charge in [0, 0.05) is 34.4 Å². The minimum atomic E-state index is -0.470. The number of benzene rings is 5. The minimum Gasteiger partial charge on any atom is -0.508 e. The molecule has 65 heavy (non-hydrogen) atoms. The van der Waals surface area contributed by atoms with Crippen molar-refractivity contribution in [2.24, 2.45) is 9.98 Å². The number of rotatable bonds is 9. The maximum atomic E-state index is 13.2. The quantitative estimate of drug-likeness (QED) is 0.0550. The summed E-state index contributed by atoms with van der Waals surface area (Å²) in [6, 6.07) is 38.5. The molecule has 0 unspecified atom stereocenters. The van der Waals surface area contributed by atoms with Crippen LogP contribution in [0.25, 0.3) is 22.5 Å². The van der Waals surface area contributed by atoms with Gasteiger partial charge in [0.25, 0.3) is 11.8 Å². The molecule has 2 heterocycles. The Kier molecular flexibility index (Phi) is 14.9. The molecule has 0 radical (unpaired) electrons. The first-order valence-corrected chi connectivity index (χ1v) is 20.5. The highest BCUT2D eigenvalue weighted by Crippen LogP contribution is 2.26. The lowest BCUT2D eigenvalue weighted by atomic mass is 10.1. The summed E-state index contributed by atoms with van der Waals surface area (Å²) >= 11 is 0. The topological polar surface area (TPSA) is 194 Å². The third-order valence-corrected chi connectivity index (χ3v) is 8.77. The second-order valence-electron chi connectivity index (χ2n) is 16.6. The number of halogens is 2. The lowest BCUT2D eigenvalue weighted by Crippen LogP contribution is -2.38. The van der Waals surface area contributed by atoms with Gasteiger partial charge in [-0.2, -0.15) is 10.2 Å². The highest BCUT2D eigenvalue weighted by Gasteiger charge is 2.18. The molecule has 14 nitrogen and oxygen atoms in total. The predicted octanol–water partition coefficient (Wildman–Crippen LogP) is 9.71. The van der Waals surface area contributed by atoms with Gasteiger partial charge in [0.05, 0.1) is 22.5 Å². The highest BCUT2D eigenvalue weighted by molar-refractivity contribution is 6.10. The fourth-order valence-corrected chi connectivity index (χ4v) is 5.88. The van der Waals surface area contributed by atoms with Gasteiger partial charge >= 0.3 is 0 Å². The van der Waals surface area contributed by atoms with E-state index in [-0.39, 0.29) is 17.7 Å². The van der Waals surface area contributed by atoms with Crippen molar-refractivity contribution in [3.63, 3.8) is 0 Å². The van der Waals surface area contributed by atoms with E-state index in [0.29, 0.717) is 35.1 Å². The van der Waals surface area contributed by atoms with E-state index >= 15 is 0 Å². The summed E-state index contributed by atoms with van der Waals surface area (Å²) in [4.78, 5) is 34.2. The van der Waals surface area contributed by atoms with Crippen LogP contribution in [0, 0.1) is 11.6 Å². The van der Waals surface area contributed by atoms with Gasteiger partial charge in [-0.05, 0) is 120 Å². The molecule has 0 saturated carbocycles. The van der Waals surface area contributed by atoms with Crippen LogP contribution in [-0.4, -0.2) is 60.3 Å². The largest absolute Gasteiger partial charge is 0.508 e. The third kappa shape index (κ3) is 14.7. The van der Waals surface area contributed by atoms with Crippen LogP contribution in [0.4, 0.5) is 20.4 Å². The molecule has 7 N–H and O–H groups in total. The second-order valence-corrected chi connectivity index (χ2v) is 16.6. The Bertz CT molecular complexity index is 2760. The van der Waals surface area contributed by atoms with E-state index < -0.39 is 34.5 Å². The van der Waals surface area contributed by atoms with Crippen LogP contribution in [0.2, 0.25) is 0 Å². The zero-order valence-corrected chi connectivity index (χ0v) is 36.7. The number of aromatic amines is 2. The van der Waals surface area contributed by atoms with E-state index in [1.807, 2.05) is 108 Å². The molecule has 0 bridgehead atoms. The molecular weight excluding hydrogens is 831 g/mol. The van der Waals surface area contributed by atoms with Crippen molar-refractivity contribution in [3.05, 3.63) is 168 Å². The summed E-state index contributed by atoms with van der Waals surface area (Å²) in [5.41, 5.74) is 3.87. The Morgan fingerprint density at radius 1 is 0.600 bits per heavy atom. The Morgan fingerprint density at radius 3 is 1.52 bits per heavy atom. The first-order valence-electron chi connectivity index (χ1n) is 20.5. The maximum Gasteiger partial charge on any atom is 0.257 e. The summed E-state index contributed by atoms with van der Waals surface area (Å²) in [7, 11) is 0. The Balaban J connectivity index is 0.000000221. The summed E-state index contributed by atoms with van der Waals surface area (Å²) < 4.78 is 32.3. The smallest absolute Gasteiger partial charge is 0.257 e. The third-order valence-electron chi connectivity index (χ3n) is 8.77. The van der Waals surface area contributed by atoms with Gasteiger partial charge in [-0.3, -0.25) is 30.4 Å². The normalized spacial score (nSPS) is 11.8. The summed E-state index contributed by atoms with van der Waals surface area (Å²) in [6.07, 6.45) is 0. The molecule has 334 valence electrons. The molecule has 2 aromatic heterocycles. The van der Waals surface area contributed by atoms with Crippen molar-refractivity contribution >= 4 is 35.4 Å². The van der Waals surface area contributed by atoms with E-state index in [0.717, 1.165) is 28.1 Å². The van der Waals surface area contributed by atoms with Crippen LogP contribution in [0.3, 0.4) is 0 Å². The van der Waals surface area contributed by atoms with E-state index in [9.17, 15) is 23.5 Å². The number of aromatic hydroxyl groups is 1. The summed E-state index contributed by atoms with van der Waals surface area (Å²) in [5.74, 6) is 0.569. The molecule has 0 saturated heterocycles. The zero-order valence-electron chi connectivity index (χ0n) is 36.7. The molecule has 0 aliphatic rings. The number of ether oxygens (including phenoxy) is 1. The van der Waals surface area contributed by atoms with Crippen molar-refractivity contribution in [3.8, 4) is 34.0 Å². The number of carbonyl (C=O) groups is 2. The number of H-pyrrole nitrogens is 2. The van der Waals surface area contributed by atoms with Gasteiger partial charge in [-0.1, -0.05) is 54.6 Å². The number of anilines is 2. The molecule has 0 aliphatic carbocycles. The van der Waals surface area contributed by atoms with Crippen LogP contribution in [-0.2, 0) is 6.61 Å². The van der Waals surface area contributed by atoms with Crippen molar-refractivity contribution in [2.45, 2.75) is 59.2 Å². The molecule has 7 rings (SSSR count). The predicted molar refractivity (Wildman–Crippen MR) is 250 cm³/mol. The Hall–Kier alpha value is -8.14. The van der Waals surface area contributed by atoms with Crippen LogP contribution in [0.15, 0.2) is 150 Å². The SMILES string of the molecule is CC(C)(C)N=C(NC(=O)c1ccc(F)cc1)Nc1cc(-c2cccc(O)c2)[nH]n1.CC(C)(C)N=C(NC(=O)c1ccc(F)cc1)Nc1cc(-c2cccc(OCc3ccccc3)c2)[nH]n1. The van der Waals surface area contributed by atoms with Gasteiger partial charge in [-0.25, -0.2) is 18.8 Å². The number of hydrogen-bond acceptors (Lipinski definition) is 8. The lowest BCUT2D eigenvalue weighted by molar-refractivity contribution is 0.0968. The standard InChI is InChI=1S/C28H28FN5O2.C21H22FN5O2/c1-28(2,3)32-27(31-26(35)20-12-14-22(29)15-13-20)30-25-17-24(33-34-25)21-10-7-11-23(16-21)36-18-19-8-5-4-6-9-19;1-21(2,3)25-20(24-19(29)13-7-9-15(22)10-8-13)23-18-12-17(26-27-18)14-5-4-6-16(28)11-14/h4-17H,18H2,1-3H3,(H3,30,31,32,33,34,35);4-12,28H,1-3H3,(H3,23,24,25,26,27,29). The fraction of sp³-hybridized carbons (Fsp3) is 0.184. The number of amides is 2. The van der Waals surface area contributed by atoms with Gasteiger partial charge in [0.2, 0.25) is 11.9 Å². The number of aromatic nitrogens is 4. The summed E-state index contributed by atoms with van der Waals surface area (Å²) in [6.45, 7) is 11.9. The van der Waals surface area contributed by atoms with E-state index in [1.165, 1.54) is 48.5 Å². The fourth-order valence-electron chi connectivity index (χ4n) is 5.88. The molecule has 5 aromatic carbocycles. The number of phenols is 1. The molecule has 2 amide bonds. The number of nitrogens with one attached hydrogen (secondary N) is 6. The number of guanidine groups is 2. The molecule has 0 aliphatic heterocycles. The van der Waals surface area contributed by atoms with Gasteiger partial charge in [0.15, 0.2) is 11.6 Å². The van der Waals surface area contributed by atoms with Crippen molar-refractivity contribution < 1.29 is 28.2 Å². The molecule has 7 aromatic rings. The van der Waals surface area contributed by atoms with Gasteiger partial charge in [-0.15, -0.1) is 0 Å². The monoisotopic (exact) mass is 880 g/mol. The van der Waals surface area contributed by atoms with Crippen molar-refractivity contribution in [1.29, 1.82) is 0 Å². The number of carbonyl (C=O) groups excluding carboxylic acids is 2. The van der Waals surface area contributed by atoms with Crippen LogP contribution < -0.4 is 26.0 Å². The number of nitrogens with zero attached hydrogens (tertiary/aromatic N) is 4. The lowest BCUT2D eigenvalue weighted by Gasteiger charge is -2.17. The molecule has 16 heteroatoms. The first kappa shape index (κ1) is 46.4. The zero-order chi connectivity index (χ0) is 46.6. The molecule has 0 fully saturated rings. The van der Waals surface area contributed by atoms with Gasteiger partial charge in [0.1, 0.15) is 29.7 Å². The van der Waals surface area contributed by atoms with Crippen molar-refractivity contribution in [1.82, 2.24) is 31.0 Å². The minimum absolute atomic E-state index is 0.146. The molecular formula is C49H50F2N10O4. The Labute approximate surface area is 375 Å². The van der Waals surface area contributed by atoms with E-state index in [1.54, 1.807) is 24.3 Å². The van der Waals surface area contributed by atoms with E-state index in [4.69, 9.17) is 4.74 Å². The van der Waals surface area contributed by atoms with Gasteiger partial charge < -0.3 is 20.5 Å². The highest BCUT2D eigenvalue weighted by atomic mass is 19.1. The van der Waals surface area contributed by atoms with E-state index in [2.05, 4.69) is 51.6 Å². The molecule has 0 spiro atoms. The van der Waals surface area contributed by atoms with Crippen LogP contribution >= 0.6 is 0 Å². The van der Waals surface area contributed by atoms with Crippen molar-refractivity contribution in [2.75, 3.05) is 10.6 Å². The maximum absolute atomic E-state index is 13.2. The van der Waals surface area contributed by atoms with Crippen LogP contribution in [0.1, 0.15) is 67.8 Å². The van der Waals surface area contributed by atoms with Crippen LogP contribution in [0.5, 0.6) is 11.5 Å². The first-order chi connectivity index (χ1) is 30.9. The number of aliphatic imine (C=N–C) groups is 2. The second kappa shape index (κ2) is 20.8. The number of phenolic OH excluding ortho intramolecular Hbond substituents is 1.